The third-order valence-corrected chi connectivity index (χ3v) is 10.6. The van der Waals surface area contributed by atoms with Crippen LogP contribution in [-0.4, -0.2) is 37.2 Å². The molecule has 0 saturated carbocycles. The lowest BCUT2D eigenvalue weighted by Gasteiger charge is -2.18. The zero-order valence-electron chi connectivity index (χ0n) is 43.3. The fraction of sp³-hybridized carbons (Fsp3) is 0.565. The minimum absolute atomic E-state index is 0.123. The Morgan fingerprint density at radius 3 is 0.897 bits per heavy atom. The second-order valence-electron chi connectivity index (χ2n) is 17.0. The molecule has 0 N–H and O–H groups in total. The number of esters is 3. The van der Waals surface area contributed by atoms with Gasteiger partial charge in [0.2, 0.25) is 0 Å². The minimum Gasteiger partial charge on any atom is -0.462 e. The molecule has 0 aromatic heterocycles. The van der Waals surface area contributed by atoms with Gasteiger partial charge in [-0.15, -0.1) is 0 Å². The Bertz CT molecular complexity index is 1540. The maximum Gasteiger partial charge on any atom is 0.306 e. The molecule has 0 spiro atoms. The van der Waals surface area contributed by atoms with Crippen LogP contribution in [0.2, 0.25) is 0 Å². The molecule has 6 nitrogen and oxygen atoms in total. The highest BCUT2D eigenvalue weighted by Gasteiger charge is 2.19. The maximum atomic E-state index is 12.8. The molecule has 1 atom stereocenters. The summed E-state index contributed by atoms with van der Waals surface area (Å²) >= 11 is 0. The normalized spacial score (nSPS) is 13.3. The first-order valence-corrected chi connectivity index (χ1v) is 26.8. The summed E-state index contributed by atoms with van der Waals surface area (Å²) in [6.45, 7) is 6.28. The molecule has 0 amide bonds. The van der Waals surface area contributed by atoms with E-state index in [2.05, 4.69) is 167 Å². The molecule has 0 aliphatic heterocycles. The second kappa shape index (κ2) is 54.9. The van der Waals surface area contributed by atoms with E-state index in [1.165, 1.54) is 44.9 Å². The van der Waals surface area contributed by atoms with Crippen LogP contribution in [0.3, 0.4) is 0 Å². The fourth-order valence-corrected chi connectivity index (χ4v) is 6.64. The molecular formula is C62H96O6. The Morgan fingerprint density at radius 2 is 0.574 bits per heavy atom. The van der Waals surface area contributed by atoms with Gasteiger partial charge in [0.1, 0.15) is 13.2 Å². The topological polar surface area (TPSA) is 78.9 Å². The standard InChI is InChI=1S/C62H96O6/c1-4-7-10-13-16-19-22-24-26-28-29-30-31-32-33-35-36-38-40-43-46-49-52-55-61(64)67-58-59(57-66-60(63)54-51-48-45-42-21-18-15-12-9-6-3)68-62(65)56-53-50-47-44-41-39-37-34-27-25-23-20-17-14-11-8-5-2/h7-8,10-11,16-17,19-20,24-27,29-30,32-33,36-39,43-44,46-47,59H,4-6,9,12-15,18,21-23,28,31,34-35,40-42,45,48-58H2,1-3H3/b10-7-,11-8-,19-16-,20-17-,26-24-,27-25-,30-29-,33-32-,38-36-,39-37-,46-43-,47-44-. The zero-order chi connectivity index (χ0) is 49.3. The molecular weight excluding hydrogens is 841 g/mol. The first kappa shape index (κ1) is 63.3. The summed E-state index contributed by atoms with van der Waals surface area (Å²) in [5, 5.41) is 0. The molecule has 6 heteroatoms. The van der Waals surface area contributed by atoms with E-state index in [0.717, 1.165) is 109 Å². The number of ether oxygens (including phenoxy) is 3. The van der Waals surface area contributed by atoms with Crippen molar-refractivity contribution in [3.8, 4) is 0 Å². The van der Waals surface area contributed by atoms with Crippen molar-refractivity contribution in [2.75, 3.05) is 13.2 Å². The number of hydrogen-bond donors (Lipinski definition) is 0. The van der Waals surface area contributed by atoms with E-state index >= 15 is 0 Å². The number of carbonyl (C=O) groups is 3. The van der Waals surface area contributed by atoms with Crippen molar-refractivity contribution >= 4 is 17.9 Å². The Hall–Kier alpha value is -4.71. The molecule has 0 aliphatic rings. The van der Waals surface area contributed by atoms with Crippen molar-refractivity contribution in [2.24, 2.45) is 0 Å². The summed E-state index contributed by atoms with van der Waals surface area (Å²) < 4.78 is 16.7. The van der Waals surface area contributed by atoms with E-state index in [9.17, 15) is 14.4 Å². The molecule has 0 radical (unpaired) electrons. The van der Waals surface area contributed by atoms with Crippen LogP contribution in [0, 0.1) is 0 Å². The van der Waals surface area contributed by atoms with Gasteiger partial charge >= 0.3 is 17.9 Å². The highest BCUT2D eigenvalue weighted by atomic mass is 16.6. The van der Waals surface area contributed by atoms with E-state index in [1.54, 1.807) is 0 Å². The Balaban J connectivity index is 4.54. The van der Waals surface area contributed by atoms with Crippen LogP contribution in [0.5, 0.6) is 0 Å². The van der Waals surface area contributed by atoms with E-state index in [4.69, 9.17) is 14.2 Å². The largest absolute Gasteiger partial charge is 0.462 e. The van der Waals surface area contributed by atoms with Crippen LogP contribution in [0.25, 0.3) is 0 Å². The van der Waals surface area contributed by atoms with Crippen LogP contribution >= 0.6 is 0 Å². The highest BCUT2D eigenvalue weighted by Crippen LogP contribution is 2.13. The number of rotatable bonds is 46. The van der Waals surface area contributed by atoms with Gasteiger partial charge in [-0.25, -0.2) is 0 Å². The van der Waals surface area contributed by atoms with Gasteiger partial charge in [-0.2, -0.15) is 0 Å². The van der Waals surface area contributed by atoms with Crippen molar-refractivity contribution in [3.63, 3.8) is 0 Å². The fourth-order valence-electron chi connectivity index (χ4n) is 6.64. The summed E-state index contributed by atoms with van der Waals surface area (Å²) in [6.07, 6.45) is 78.5. The predicted molar refractivity (Wildman–Crippen MR) is 292 cm³/mol. The zero-order valence-corrected chi connectivity index (χ0v) is 43.3. The van der Waals surface area contributed by atoms with E-state index in [1.807, 2.05) is 0 Å². The molecule has 0 heterocycles. The van der Waals surface area contributed by atoms with Crippen molar-refractivity contribution in [1.82, 2.24) is 0 Å². The monoisotopic (exact) mass is 937 g/mol. The van der Waals surface area contributed by atoms with Crippen LogP contribution < -0.4 is 0 Å². The second-order valence-corrected chi connectivity index (χ2v) is 17.0. The van der Waals surface area contributed by atoms with Gasteiger partial charge in [0.25, 0.3) is 0 Å². The predicted octanol–water partition coefficient (Wildman–Crippen LogP) is 18.0. The quantitative estimate of drug-likeness (QED) is 0.0262. The molecule has 0 saturated heterocycles. The summed E-state index contributed by atoms with van der Waals surface area (Å²) in [7, 11) is 0. The lowest BCUT2D eigenvalue weighted by Crippen LogP contribution is -2.30. The lowest BCUT2D eigenvalue weighted by molar-refractivity contribution is -0.167. The van der Waals surface area contributed by atoms with Gasteiger partial charge in [-0.3, -0.25) is 14.4 Å². The number of unbranched alkanes of at least 4 members (excludes halogenated alkanes) is 11. The molecule has 0 bridgehead atoms. The average molecular weight is 937 g/mol. The third kappa shape index (κ3) is 52.3. The molecule has 380 valence electrons. The van der Waals surface area contributed by atoms with Gasteiger partial charge in [-0.1, -0.05) is 224 Å². The number of hydrogen-bond acceptors (Lipinski definition) is 6. The van der Waals surface area contributed by atoms with Crippen molar-refractivity contribution in [3.05, 3.63) is 146 Å². The Labute approximate surface area is 417 Å². The lowest BCUT2D eigenvalue weighted by atomic mass is 10.1. The summed E-state index contributed by atoms with van der Waals surface area (Å²) in [5.74, 6) is -1.06. The third-order valence-electron chi connectivity index (χ3n) is 10.6. The van der Waals surface area contributed by atoms with Gasteiger partial charge in [-0.05, 0) is 109 Å². The summed E-state index contributed by atoms with van der Waals surface area (Å²) in [6, 6.07) is 0. The van der Waals surface area contributed by atoms with Gasteiger partial charge in [0.05, 0.1) is 0 Å². The molecule has 0 rings (SSSR count). The molecule has 68 heavy (non-hydrogen) atoms. The number of carbonyl (C=O) groups excluding carboxylic acids is 3. The Morgan fingerprint density at radius 1 is 0.309 bits per heavy atom. The number of allylic oxidation sites excluding steroid dienone is 24. The van der Waals surface area contributed by atoms with Crippen LogP contribution in [0.4, 0.5) is 0 Å². The van der Waals surface area contributed by atoms with Crippen molar-refractivity contribution in [2.45, 2.75) is 213 Å². The maximum absolute atomic E-state index is 12.8. The minimum atomic E-state index is -0.835. The van der Waals surface area contributed by atoms with Crippen molar-refractivity contribution < 1.29 is 28.6 Å². The SMILES string of the molecule is CC/C=C\C/C=C\C/C=C\C/C=C\C/C=C\C/C=C\C/C=C\CCCC(=O)OCC(COC(=O)CCCCCCCCCCCC)OC(=O)CCC/C=C\C/C=C\C/C=C\C/C=C\C/C=C\CC. The van der Waals surface area contributed by atoms with Crippen molar-refractivity contribution in [1.29, 1.82) is 0 Å². The first-order valence-electron chi connectivity index (χ1n) is 26.8. The van der Waals surface area contributed by atoms with Gasteiger partial charge < -0.3 is 14.2 Å². The summed E-state index contributed by atoms with van der Waals surface area (Å²) in [5.41, 5.74) is 0. The molecule has 0 aromatic carbocycles. The Kier molecular flexibility index (Phi) is 51.1. The van der Waals surface area contributed by atoms with Gasteiger partial charge in [0.15, 0.2) is 6.10 Å². The van der Waals surface area contributed by atoms with Gasteiger partial charge in [0, 0.05) is 19.3 Å². The van der Waals surface area contributed by atoms with E-state index in [0.29, 0.717) is 19.3 Å². The van der Waals surface area contributed by atoms with E-state index in [-0.39, 0.29) is 44.0 Å². The molecule has 0 aromatic rings. The van der Waals surface area contributed by atoms with Crippen LogP contribution in [0.15, 0.2) is 146 Å². The average Bonchev–Trinajstić information content (AvgIpc) is 3.34. The molecule has 1 unspecified atom stereocenters. The molecule has 0 fully saturated rings. The molecule has 0 aliphatic carbocycles. The van der Waals surface area contributed by atoms with Crippen LogP contribution in [0.1, 0.15) is 207 Å². The first-order chi connectivity index (χ1) is 33.5. The summed E-state index contributed by atoms with van der Waals surface area (Å²) in [4.78, 5) is 38.0. The van der Waals surface area contributed by atoms with E-state index < -0.39 is 6.10 Å². The smallest absolute Gasteiger partial charge is 0.306 e. The van der Waals surface area contributed by atoms with Crippen LogP contribution in [-0.2, 0) is 28.6 Å². The highest BCUT2D eigenvalue weighted by molar-refractivity contribution is 5.71.